The van der Waals surface area contributed by atoms with Crippen LogP contribution in [0.3, 0.4) is 0 Å². The van der Waals surface area contributed by atoms with Crippen LogP contribution in [0.5, 0.6) is 0 Å². The molecule has 4 nitrogen and oxygen atoms in total. The number of rotatable bonds is 3. The van der Waals surface area contributed by atoms with Crippen LogP contribution in [0.4, 0.5) is 0 Å². The predicted molar refractivity (Wildman–Crippen MR) is 95.0 cm³/mol. The second-order valence-electron chi connectivity index (χ2n) is 6.27. The van der Waals surface area contributed by atoms with E-state index in [4.69, 9.17) is 16.3 Å². The third kappa shape index (κ3) is 4.47. The Hall–Kier alpha value is -0.620. The van der Waals surface area contributed by atoms with Crippen LogP contribution in [-0.2, 0) is 4.74 Å². The minimum absolute atomic E-state index is 0.0733. The Labute approximate surface area is 150 Å². The fourth-order valence-electron chi connectivity index (χ4n) is 3.30. The van der Waals surface area contributed by atoms with Crippen molar-refractivity contribution in [2.45, 2.75) is 12.8 Å². The van der Waals surface area contributed by atoms with Crippen LogP contribution >= 0.6 is 27.5 Å². The molecule has 0 saturated carbocycles. The van der Waals surface area contributed by atoms with E-state index in [-0.39, 0.29) is 5.91 Å². The van der Waals surface area contributed by atoms with Crippen molar-refractivity contribution in [3.05, 3.63) is 33.3 Å². The third-order valence-electron chi connectivity index (χ3n) is 4.68. The van der Waals surface area contributed by atoms with Crippen molar-refractivity contribution in [2.24, 2.45) is 5.92 Å². The first-order chi connectivity index (χ1) is 11.1. The van der Waals surface area contributed by atoms with Crippen molar-refractivity contribution in [1.29, 1.82) is 0 Å². The summed E-state index contributed by atoms with van der Waals surface area (Å²) in [6.45, 7) is 6.55. The molecule has 2 aliphatic heterocycles. The standard InChI is InChI=1S/C17H22BrClN2O2/c18-16-2-1-14(19)11-15(16)17(22)21-5-3-13(4-6-21)12-20-7-9-23-10-8-20/h1-2,11,13H,3-10,12H2. The van der Waals surface area contributed by atoms with E-state index in [9.17, 15) is 4.79 Å². The SMILES string of the molecule is O=C(c1cc(Cl)ccc1Br)N1CCC(CN2CCOCC2)CC1. The highest BCUT2D eigenvalue weighted by atomic mass is 79.9. The van der Waals surface area contributed by atoms with E-state index in [2.05, 4.69) is 20.8 Å². The molecule has 3 rings (SSSR count). The average Bonchev–Trinajstić information content (AvgIpc) is 2.58. The first kappa shape index (κ1) is 17.2. The molecule has 126 valence electrons. The summed E-state index contributed by atoms with van der Waals surface area (Å²) < 4.78 is 6.21. The largest absolute Gasteiger partial charge is 0.379 e. The number of benzene rings is 1. The van der Waals surface area contributed by atoms with Crippen LogP contribution in [0.25, 0.3) is 0 Å². The maximum atomic E-state index is 12.7. The molecule has 0 aromatic heterocycles. The molecule has 2 aliphatic rings. The molecule has 6 heteroatoms. The molecule has 1 amide bonds. The lowest BCUT2D eigenvalue weighted by atomic mass is 9.95. The smallest absolute Gasteiger partial charge is 0.255 e. The topological polar surface area (TPSA) is 32.8 Å². The van der Waals surface area contributed by atoms with Crippen molar-refractivity contribution in [1.82, 2.24) is 9.80 Å². The quantitative estimate of drug-likeness (QED) is 0.779. The molecule has 0 atom stereocenters. The molecule has 2 heterocycles. The molecule has 0 aliphatic carbocycles. The Morgan fingerprint density at radius 2 is 1.91 bits per heavy atom. The van der Waals surface area contributed by atoms with Crippen LogP contribution in [0, 0.1) is 5.92 Å². The minimum atomic E-state index is 0.0733. The van der Waals surface area contributed by atoms with Crippen LogP contribution in [-0.4, -0.2) is 61.6 Å². The van der Waals surface area contributed by atoms with Gasteiger partial charge in [0.05, 0.1) is 18.8 Å². The Bertz CT molecular complexity index is 556. The van der Waals surface area contributed by atoms with Crippen LogP contribution in [0.1, 0.15) is 23.2 Å². The third-order valence-corrected chi connectivity index (χ3v) is 5.61. The summed E-state index contributed by atoms with van der Waals surface area (Å²) in [6.07, 6.45) is 2.14. The molecule has 2 fully saturated rings. The summed E-state index contributed by atoms with van der Waals surface area (Å²) in [5.74, 6) is 0.754. The van der Waals surface area contributed by atoms with Gasteiger partial charge in [-0.05, 0) is 52.9 Å². The normalized spacial score (nSPS) is 20.7. The van der Waals surface area contributed by atoms with E-state index in [1.54, 1.807) is 12.1 Å². The van der Waals surface area contributed by atoms with E-state index < -0.39 is 0 Å². The van der Waals surface area contributed by atoms with Gasteiger partial charge in [-0.1, -0.05) is 11.6 Å². The van der Waals surface area contributed by atoms with Gasteiger partial charge in [0, 0.05) is 42.2 Å². The number of carbonyl (C=O) groups is 1. The number of amides is 1. The number of ether oxygens (including phenoxy) is 1. The summed E-state index contributed by atoms with van der Waals surface area (Å²) in [4.78, 5) is 17.1. The highest BCUT2D eigenvalue weighted by molar-refractivity contribution is 9.10. The molecule has 23 heavy (non-hydrogen) atoms. The van der Waals surface area contributed by atoms with E-state index in [0.717, 1.165) is 63.3 Å². The summed E-state index contributed by atoms with van der Waals surface area (Å²) >= 11 is 9.47. The number of morpholine rings is 1. The lowest BCUT2D eigenvalue weighted by Crippen LogP contribution is -2.44. The highest BCUT2D eigenvalue weighted by Crippen LogP contribution is 2.25. The molecule has 0 spiro atoms. The lowest BCUT2D eigenvalue weighted by Gasteiger charge is -2.36. The van der Waals surface area contributed by atoms with Gasteiger partial charge in [0.2, 0.25) is 0 Å². The molecular weight excluding hydrogens is 380 g/mol. The summed E-state index contributed by atoms with van der Waals surface area (Å²) in [6, 6.07) is 5.37. The maximum absolute atomic E-state index is 12.7. The zero-order valence-corrected chi connectivity index (χ0v) is 15.5. The average molecular weight is 402 g/mol. The van der Waals surface area contributed by atoms with Gasteiger partial charge in [0.1, 0.15) is 0 Å². The Kier molecular flexibility index (Phi) is 5.96. The van der Waals surface area contributed by atoms with Crippen LogP contribution < -0.4 is 0 Å². The number of carbonyl (C=O) groups excluding carboxylic acids is 1. The molecule has 1 aromatic rings. The summed E-state index contributed by atoms with van der Waals surface area (Å²) in [7, 11) is 0. The molecule has 0 bridgehead atoms. The van der Waals surface area contributed by atoms with Gasteiger partial charge < -0.3 is 9.64 Å². The first-order valence-electron chi connectivity index (χ1n) is 8.18. The number of nitrogens with zero attached hydrogens (tertiary/aromatic N) is 2. The number of halogens is 2. The van der Waals surface area contributed by atoms with E-state index in [1.807, 2.05) is 11.0 Å². The van der Waals surface area contributed by atoms with Crippen molar-refractivity contribution < 1.29 is 9.53 Å². The zero-order valence-electron chi connectivity index (χ0n) is 13.1. The predicted octanol–water partition coefficient (Wildman–Crippen LogP) is 3.29. The van der Waals surface area contributed by atoms with Crippen molar-refractivity contribution in [3.8, 4) is 0 Å². The fraction of sp³-hybridized carbons (Fsp3) is 0.588. The van der Waals surface area contributed by atoms with Crippen molar-refractivity contribution in [2.75, 3.05) is 45.9 Å². The molecule has 0 unspecified atom stereocenters. The highest BCUT2D eigenvalue weighted by Gasteiger charge is 2.26. The van der Waals surface area contributed by atoms with Gasteiger partial charge in [-0.2, -0.15) is 0 Å². The van der Waals surface area contributed by atoms with Crippen LogP contribution in [0.2, 0.25) is 5.02 Å². The number of hydrogen-bond acceptors (Lipinski definition) is 3. The number of piperidine rings is 1. The number of hydrogen-bond donors (Lipinski definition) is 0. The van der Waals surface area contributed by atoms with Gasteiger partial charge in [0.25, 0.3) is 5.91 Å². The minimum Gasteiger partial charge on any atom is -0.379 e. The monoisotopic (exact) mass is 400 g/mol. The van der Waals surface area contributed by atoms with Gasteiger partial charge in [-0.3, -0.25) is 9.69 Å². The van der Waals surface area contributed by atoms with Crippen molar-refractivity contribution >= 4 is 33.4 Å². The summed E-state index contributed by atoms with van der Waals surface area (Å²) in [5.41, 5.74) is 0.657. The van der Waals surface area contributed by atoms with E-state index in [1.165, 1.54) is 0 Å². The molecule has 0 N–H and O–H groups in total. The zero-order chi connectivity index (χ0) is 16.2. The first-order valence-corrected chi connectivity index (χ1v) is 9.35. The molecule has 2 saturated heterocycles. The lowest BCUT2D eigenvalue weighted by molar-refractivity contribution is 0.0243. The number of likely N-dealkylation sites (tertiary alicyclic amines) is 1. The van der Waals surface area contributed by atoms with Gasteiger partial charge in [-0.25, -0.2) is 0 Å². The fourth-order valence-corrected chi connectivity index (χ4v) is 3.89. The second kappa shape index (κ2) is 7.97. The second-order valence-corrected chi connectivity index (χ2v) is 7.56. The van der Waals surface area contributed by atoms with E-state index >= 15 is 0 Å². The maximum Gasteiger partial charge on any atom is 0.255 e. The summed E-state index contributed by atoms with van der Waals surface area (Å²) in [5, 5.41) is 0.596. The Morgan fingerprint density at radius 1 is 1.22 bits per heavy atom. The molecule has 1 aromatic carbocycles. The Morgan fingerprint density at radius 3 is 2.61 bits per heavy atom. The van der Waals surface area contributed by atoms with Crippen molar-refractivity contribution in [3.63, 3.8) is 0 Å². The van der Waals surface area contributed by atoms with Gasteiger partial charge in [0.15, 0.2) is 0 Å². The van der Waals surface area contributed by atoms with Crippen LogP contribution in [0.15, 0.2) is 22.7 Å². The molecule has 0 radical (unpaired) electrons. The Balaban J connectivity index is 1.53. The van der Waals surface area contributed by atoms with Gasteiger partial charge in [-0.15, -0.1) is 0 Å². The molecular formula is C17H22BrClN2O2. The van der Waals surface area contributed by atoms with Gasteiger partial charge >= 0.3 is 0 Å². The van der Waals surface area contributed by atoms with E-state index in [0.29, 0.717) is 16.5 Å².